The molecule has 8 nitrogen and oxygen atoms in total. The second-order valence-electron chi connectivity index (χ2n) is 9.16. The summed E-state index contributed by atoms with van der Waals surface area (Å²) in [5, 5.41) is 9.37. The predicted octanol–water partition coefficient (Wildman–Crippen LogP) is 3.02. The average Bonchev–Trinajstić information content (AvgIpc) is 2.76. The van der Waals surface area contributed by atoms with Gasteiger partial charge in [-0.25, -0.2) is 4.79 Å². The number of alkyl carbamates (subject to hydrolysis) is 1. The molecule has 1 saturated heterocycles. The van der Waals surface area contributed by atoms with Crippen molar-refractivity contribution in [2.45, 2.75) is 52.8 Å². The lowest BCUT2D eigenvalue weighted by atomic mass is 10.1. The van der Waals surface area contributed by atoms with Crippen molar-refractivity contribution in [1.29, 1.82) is 0 Å². The van der Waals surface area contributed by atoms with Gasteiger partial charge in [0.05, 0.1) is 0 Å². The zero-order chi connectivity index (χ0) is 23.4. The van der Waals surface area contributed by atoms with E-state index in [4.69, 9.17) is 4.74 Å². The van der Waals surface area contributed by atoms with Crippen LogP contribution in [0.1, 0.15) is 45.2 Å². The standard InChI is InChI=1S/C24H42N6O2.HI/c1-6-29-14-16-30(17-15-29)19-21-10-8-20(9-11-21)18-28-22(25-5)26-12-7-13-27-23(31)32-24(2,3)4;/h8-11H,6-7,12-19H2,1-5H3,(H,27,31)(H2,25,26,28);1H. The summed E-state index contributed by atoms with van der Waals surface area (Å²) in [6, 6.07) is 8.81. The number of ether oxygens (including phenoxy) is 1. The summed E-state index contributed by atoms with van der Waals surface area (Å²) in [5.41, 5.74) is 2.11. The van der Waals surface area contributed by atoms with Gasteiger partial charge in [-0.05, 0) is 44.9 Å². The van der Waals surface area contributed by atoms with Crippen LogP contribution < -0.4 is 16.0 Å². The number of carbonyl (C=O) groups excluding carboxylic acids is 1. The Balaban J connectivity index is 0.00000544. The molecule has 3 N–H and O–H groups in total. The minimum atomic E-state index is -0.476. The molecule has 2 rings (SSSR count). The Morgan fingerprint density at radius 3 is 2.12 bits per heavy atom. The quantitative estimate of drug-likeness (QED) is 0.182. The van der Waals surface area contributed by atoms with Crippen molar-refractivity contribution >= 4 is 36.0 Å². The molecule has 1 aliphatic rings. The fourth-order valence-corrected chi connectivity index (χ4v) is 3.49. The number of piperazine rings is 1. The van der Waals surface area contributed by atoms with Crippen LogP contribution in [-0.4, -0.2) is 80.3 Å². The van der Waals surface area contributed by atoms with Crippen molar-refractivity contribution < 1.29 is 9.53 Å². The molecule has 0 atom stereocenters. The Labute approximate surface area is 216 Å². The number of likely N-dealkylation sites (N-methyl/N-ethyl adjacent to an activating group) is 1. The van der Waals surface area contributed by atoms with Gasteiger partial charge in [0.15, 0.2) is 5.96 Å². The largest absolute Gasteiger partial charge is 0.444 e. The minimum absolute atomic E-state index is 0. The molecule has 1 amide bonds. The fraction of sp³-hybridized carbons (Fsp3) is 0.667. The molecule has 0 saturated carbocycles. The van der Waals surface area contributed by atoms with Gasteiger partial charge in [0.1, 0.15) is 5.60 Å². The van der Waals surface area contributed by atoms with Gasteiger partial charge in [0.2, 0.25) is 0 Å². The zero-order valence-corrected chi connectivity index (χ0v) is 23.3. The van der Waals surface area contributed by atoms with Crippen molar-refractivity contribution in [2.75, 3.05) is 52.9 Å². The molecule has 0 aromatic heterocycles. The number of hydrogen-bond acceptors (Lipinski definition) is 5. The third kappa shape index (κ3) is 12.4. The van der Waals surface area contributed by atoms with Gasteiger partial charge in [-0.15, -0.1) is 24.0 Å². The van der Waals surface area contributed by atoms with Crippen LogP contribution in [0.2, 0.25) is 0 Å². The zero-order valence-electron chi connectivity index (χ0n) is 20.9. The molecule has 0 aliphatic carbocycles. The number of guanidine groups is 1. The van der Waals surface area contributed by atoms with E-state index in [2.05, 4.69) is 61.9 Å². The van der Waals surface area contributed by atoms with E-state index >= 15 is 0 Å². The minimum Gasteiger partial charge on any atom is -0.444 e. The summed E-state index contributed by atoms with van der Waals surface area (Å²) < 4.78 is 5.22. The van der Waals surface area contributed by atoms with Crippen LogP contribution in [0.3, 0.4) is 0 Å². The van der Waals surface area contributed by atoms with Crippen molar-refractivity contribution in [1.82, 2.24) is 25.8 Å². The van der Waals surface area contributed by atoms with E-state index in [1.165, 1.54) is 24.2 Å². The van der Waals surface area contributed by atoms with Crippen molar-refractivity contribution in [3.63, 3.8) is 0 Å². The van der Waals surface area contributed by atoms with Crippen LogP contribution in [0.15, 0.2) is 29.3 Å². The summed E-state index contributed by atoms with van der Waals surface area (Å²) in [6.45, 7) is 16.6. The number of nitrogens with zero attached hydrogens (tertiary/aromatic N) is 3. The third-order valence-corrected chi connectivity index (χ3v) is 5.34. The van der Waals surface area contributed by atoms with Gasteiger partial charge in [-0.1, -0.05) is 31.2 Å². The Bertz CT molecular complexity index is 713. The Morgan fingerprint density at radius 2 is 1.55 bits per heavy atom. The lowest BCUT2D eigenvalue weighted by molar-refractivity contribution is 0.0527. The molecule has 1 aliphatic heterocycles. The highest BCUT2D eigenvalue weighted by Gasteiger charge is 2.16. The molecule has 0 radical (unpaired) electrons. The van der Waals surface area contributed by atoms with Gasteiger partial charge in [0.25, 0.3) is 0 Å². The van der Waals surface area contributed by atoms with E-state index in [0.717, 1.165) is 38.6 Å². The van der Waals surface area contributed by atoms with Crippen molar-refractivity contribution in [3.8, 4) is 0 Å². The summed E-state index contributed by atoms with van der Waals surface area (Å²) in [6.07, 6.45) is 0.396. The fourth-order valence-electron chi connectivity index (χ4n) is 3.49. The van der Waals surface area contributed by atoms with Gasteiger partial charge in [-0.3, -0.25) is 9.89 Å². The monoisotopic (exact) mass is 574 g/mol. The van der Waals surface area contributed by atoms with Crippen LogP contribution in [0.25, 0.3) is 0 Å². The molecule has 1 aromatic carbocycles. The maximum Gasteiger partial charge on any atom is 0.407 e. The number of rotatable bonds is 9. The summed E-state index contributed by atoms with van der Waals surface area (Å²) in [4.78, 5) is 20.9. The molecular weight excluding hydrogens is 531 g/mol. The molecule has 1 heterocycles. The highest BCUT2D eigenvalue weighted by molar-refractivity contribution is 14.0. The number of amides is 1. The van der Waals surface area contributed by atoms with Gasteiger partial charge in [-0.2, -0.15) is 0 Å². The second-order valence-corrected chi connectivity index (χ2v) is 9.16. The average molecular weight is 575 g/mol. The maximum atomic E-state index is 11.6. The third-order valence-electron chi connectivity index (χ3n) is 5.34. The number of aliphatic imine (C=N–C) groups is 1. The number of benzene rings is 1. The highest BCUT2D eigenvalue weighted by atomic mass is 127. The normalized spacial score (nSPS) is 15.5. The Kier molecular flexibility index (Phi) is 13.7. The van der Waals surface area contributed by atoms with Gasteiger partial charge in [0, 0.05) is 59.4 Å². The first kappa shape index (κ1) is 29.4. The van der Waals surface area contributed by atoms with Gasteiger partial charge < -0.3 is 25.6 Å². The topological polar surface area (TPSA) is 81.2 Å². The number of nitrogens with one attached hydrogen (secondary N) is 3. The molecule has 33 heavy (non-hydrogen) atoms. The van der Waals surface area contributed by atoms with Crippen LogP contribution in [0, 0.1) is 0 Å². The molecule has 188 valence electrons. The Morgan fingerprint density at radius 1 is 0.970 bits per heavy atom. The lowest BCUT2D eigenvalue weighted by Crippen LogP contribution is -2.45. The smallest absolute Gasteiger partial charge is 0.407 e. The van der Waals surface area contributed by atoms with Crippen LogP contribution in [0.5, 0.6) is 0 Å². The highest BCUT2D eigenvalue weighted by Crippen LogP contribution is 2.10. The van der Waals surface area contributed by atoms with Crippen molar-refractivity contribution in [3.05, 3.63) is 35.4 Å². The van der Waals surface area contributed by atoms with Gasteiger partial charge >= 0.3 is 6.09 Å². The van der Waals surface area contributed by atoms with E-state index in [9.17, 15) is 4.79 Å². The van der Waals surface area contributed by atoms with Crippen LogP contribution in [0.4, 0.5) is 4.79 Å². The van der Waals surface area contributed by atoms with E-state index in [1.807, 2.05) is 20.8 Å². The summed E-state index contributed by atoms with van der Waals surface area (Å²) in [7, 11) is 1.76. The number of hydrogen-bond donors (Lipinski definition) is 3. The SMILES string of the molecule is CCN1CCN(Cc2ccc(CNC(=NC)NCCCNC(=O)OC(C)(C)C)cc2)CC1.I. The maximum absolute atomic E-state index is 11.6. The molecule has 9 heteroatoms. The molecule has 0 unspecified atom stereocenters. The summed E-state index contributed by atoms with van der Waals surface area (Å²) >= 11 is 0. The van der Waals surface area contributed by atoms with Crippen LogP contribution >= 0.6 is 24.0 Å². The molecule has 0 bridgehead atoms. The lowest BCUT2D eigenvalue weighted by Gasteiger charge is -2.34. The number of halogens is 1. The first-order chi connectivity index (χ1) is 15.3. The molecular formula is C24H43IN6O2. The summed E-state index contributed by atoms with van der Waals surface area (Å²) in [5.74, 6) is 0.750. The van der Waals surface area contributed by atoms with E-state index in [1.54, 1.807) is 7.05 Å². The van der Waals surface area contributed by atoms with Crippen molar-refractivity contribution in [2.24, 2.45) is 4.99 Å². The molecule has 0 spiro atoms. The molecule has 1 fully saturated rings. The van der Waals surface area contributed by atoms with E-state index in [0.29, 0.717) is 19.6 Å². The molecule has 1 aromatic rings. The Hall–Kier alpha value is -1.59. The van der Waals surface area contributed by atoms with E-state index < -0.39 is 5.60 Å². The first-order valence-electron chi connectivity index (χ1n) is 11.7. The number of carbonyl (C=O) groups is 1. The first-order valence-corrected chi connectivity index (χ1v) is 11.7. The van der Waals surface area contributed by atoms with E-state index in [-0.39, 0.29) is 30.1 Å². The predicted molar refractivity (Wildman–Crippen MR) is 146 cm³/mol. The second kappa shape index (κ2) is 15.3. The van der Waals surface area contributed by atoms with Crippen LogP contribution in [-0.2, 0) is 17.8 Å².